The van der Waals surface area contributed by atoms with Gasteiger partial charge in [-0.25, -0.2) is 0 Å². The van der Waals surface area contributed by atoms with E-state index in [1.807, 2.05) is 18.2 Å². The first-order valence-electron chi connectivity index (χ1n) is 12.3. The normalized spacial score (nSPS) is 25.9. The van der Waals surface area contributed by atoms with E-state index in [1.54, 1.807) is 19.1 Å². The lowest BCUT2D eigenvalue weighted by molar-refractivity contribution is -0.137. The van der Waals surface area contributed by atoms with E-state index in [4.69, 9.17) is 18.6 Å². The van der Waals surface area contributed by atoms with Crippen molar-refractivity contribution in [1.82, 2.24) is 4.90 Å². The molecule has 0 bridgehead atoms. The average Bonchev–Trinajstić information content (AvgIpc) is 3.25. The number of ether oxygens (including phenoxy) is 3. The molecule has 3 atom stereocenters. The van der Waals surface area contributed by atoms with Gasteiger partial charge in [0.05, 0.1) is 20.8 Å². The Hall–Kier alpha value is -2.03. The third kappa shape index (κ3) is 3.40. The minimum atomic E-state index is -2.11. The zero-order valence-corrected chi connectivity index (χ0v) is 22.7. The van der Waals surface area contributed by atoms with Gasteiger partial charge in [-0.2, -0.15) is 0 Å². The fourth-order valence-corrected chi connectivity index (χ4v) is 12.2. The van der Waals surface area contributed by atoms with Gasteiger partial charge in [0.25, 0.3) is 5.91 Å². The van der Waals surface area contributed by atoms with Crippen molar-refractivity contribution in [2.24, 2.45) is 0 Å². The Bertz CT molecular complexity index is 968. The van der Waals surface area contributed by atoms with Crippen molar-refractivity contribution in [2.45, 2.75) is 82.3 Å². The average molecular weight is 490 g/mol. The lowest BCUT2D eigenvalue weighted by Gasteiger charge is -2.42. The van der Waals surface area contributed by atoms with Crippen LogP contribution in [0.2, 0.25) is 16.6 Å². The van der Waals surface area contributed by atoms with Gasteiger partial charge < -0.3 is 28.6 Å². The Labute approximate surface area is 204 Å². The van der Waals surface area contributed by atoms with Crippen LogP contribution in [0.25, 0.3) is 0 Å². The van der Waals surface area contributed by atoms with Crippen molar-refractivity contribution >= 4 is 14.2 Å². The second-order valence-electron chi connectivity index (χ2n) is 10.6. The Morgan fingerprint density at radius 3 is 2.24 bits per heavy atom. The van der Waals surface area contributed by atoms with Gasteiger partial charge in [0.15, 0.2) is 23.7 Å². The second-order valence-corrected chi connectivity index (χ2v) is 16.1. The van der Waals surface area contributed by atoms with Gasteiger partial charge in [0, 0.05) is 6.54 Å². The lowest BCUT2D eigenvalue weighted by atomic mass is 9.78. The number of nitrogens with zero attached hydrogens (tertiary/aromatic N) is 1. The summed E-state index contributed by atoms with van der Waals surface area (Å²) >= 11 is 0. The SMILES string of the molecule is COc1cc2c(cc1OC)C13C=C(CO[Si](C(C)C)(C(C)C)C(C)C)OC1[C@@H](O)C(=O)N3CC2. The number of carbonyl (C=O) groups is 1. The molecule has 0 saturated carbocycles. The van der Waals surface area contributed by atoms with E-state index in [-0.39, 0.29) is 5.91 Å². The first-order valence-corrected chi connectivity index (χ1v) is 14.5. The van der Waals surface area contributed by atoms with E-state index < -0.39 is 26.1 Å². The monoisotopic (exact) mass is 489 g/mol. The van der Waals surface area contributed by atoms with Gasteiger partial charge >= 0.3 is 0 Å². The number of amides is 1. The van der Waals surface area contributed by atoms with Gasteiger partial charge in [0.2, 0.25) is 8.32 Å². The molecule has 0 aromatic heterocycles. The quantitative estimate of drug-likeness (QED) is 0.553. The molecule has 7 nitrogen and oxygen atoms in total. The topological polar surface area (TPSA) is 77.5 Å². The van der Waals surface area contributed by atoms with Crippen molar-refractivity contribution in [3.05, 3.63) is 35.1 Å². The van der Waals surface area contributed by atoms with Crippen LogP contribution in [-0.2, 0) is 25.9 Å². The fraction of sp³-hybridized carbons (Fsp3) is 0.654. The van der Waals surface area contributed by atoms with Crippen LogP contribution in [0.1, 0.15) is 52.7 Å². The summed E-state index contributed by atoms with van der Waals surface area (Å²) in [5.41, 5.74) is 2.45. The van der Waals surface area contributed by atoms with Crippen LogP contribution in [0.3, 0.4) is 0 Å². The number of aliphatic hydroxyl groups is 1. The van der Waals surface area contributed by atoms with Crippen molar-refractivity contribution < 1.29 is 28.5 Å². The zero-order valence-electron chi connectivity index (χ0n) is 21.7. The summed E-state index contributed by atoms with van der Waals surface area (Å²) < 4.78 is 24.2. The fourth-order valence-electron chi connectivity index (χ4n) is 6.80. The van der Waals surface area contributed by atoms with E-state index >= 15 is 0 Å². The highest BCUT2D eigenvalue weighted by Crippen LogP contribution is 2.53. The number of carbonyl (C=O) groups excluding carboxylic acids is 1. The Kier molecular flexibility index (Phi) is 6.55. The summed E-state index contributed by atoms with van der Waals surface area (Å²) in [6.07, 6.45) is 0.737. The molecule has 3 aliphatic heterocycles. The molecule has 1 fully saturated rings. The standard InChI is InChI=1S/C26H39NO6Si/c1-15(2)34(16(3)4,17(5)6)32-14-19-13-26-20-12-22(31-8)21(30-7)11-18(20)9-10-27(26)25(29)23(28)24(26)33-19/h11-13,15-17,23-24,28H,9-10,14H2,1-8H3/t23-,24?,26?/m1/s1. The van der Waals surface area contributed by atoms with Crippen LogP contribution < -0.4 is 9.47 Å². The molecule has 0 aliphatic carbocycles. The first kappa shape index (κ1) is 25.1. The molecule has 1 saturated heterocycles. The number of hydrogen-bond donors (Lipinski definition) is 1. The summed E-state index contributed by atoms with van der Waals surface area (Å²) in [6, 6.07) is 3.90. The maximum absolute atomic E-state index is 13.0. The largest absolute Gasteiger partial charge is 0.493 e. The minimum absolute atomic E-state index is 0.295. The molecule has 4 rings (SSSR count). The van der Waals surface area contributed by atoms with E-state index in [9.17, 15) is 9.90 Å². The number of aliphatic hydroxyl groups excluding tert-OH is 1. The van der Waals surface area contributed by atoms with Crippen LogP contribution in [0.4, 0.5) is 0 Å². The molecule has 0 radical (unpaired) electrons. The van der Waals surface area contributed by atoms with E-state index in [1.165, 1.54) is 0 Å². The molecule has 3 heterocycles. The number of benzene rings is 1. The van der Waals surface area contributed by atoms with Gasteiger partial charge in [0.1, 0.15) is 11.3 Å². The van der Waals surface area contributed by atoms with Crippen LogP contribution in [-0.4, -0.2) is 63.8 Å². The summed E-state index contributed by atoms with van der Waals surface area (Å²) in [5.74, 6) is 1.63. The van der Waals surface area contributed by atoms with Crippen LogP contribution in [0.15, 0.2) is 24.0 Å². The number of fused-ring (bicyclic) bond motifs is 1. The zero-order chi connectivity index (χ0) is 25.0. The lowest BCUT2D eigenvalue weighted by Crippen LogP contribution is -2.50. The highest BCUT2D eigenvalue weighted by atomic mass is 28.4. The molecule has 1 aromatic carbocycles. The molecule has 3 aliphatic rings. The smallest absolute Gasteiger partial charge is 0.256 e. The van der Waals surface area contributed by atoms with Crippen LogP contribution in [0.5, 0.6) is 11.5 Å². The summed E-state index contributed by atoms with van der Waals surface area (Å²) in [6.45, 7) is 14.4. The predicted molar refractivity (Wildman–Crippen MR) is 133 cm³/mol. The molecule has 8 heteroatoms. The number of methoxy groups -OCH3 is 2. The van der Waals surface area contributed by atoms with Crippen molar-refractivity contribution in [3.63, 3.8) is 0 Å². The number of rotatable bonds is 8. The Morgan fingerprint density at radius 2 is 1.68 bits per heavy atom. The molecule has 188 valence electrons. The number of hydrogen-bond acceptors (Lipinski definition) is 6. The summed E-state index contributed by atoms with van der Waals surface area (Å²) in [7, 11) is 1.11. The molecule has 1 amide bonds. The molecule has 1 spiro atoms. The van der Waals surface area contributed by atoms with Crippen LogP contribution >= 0.6 is 0 Å². The molecule has 2 unspecified atom stereocenters. The first-order chi connectivity index (χ1) is 16.0. The van der Waals surface area contributed by atoms with Crippen molar-refractivity contribution in [3.8, 4) is 11.5 Å². The van der Waals surface area contributed by atoms with Gasteiger partial charge in [-0.15, -0.1) is 0 Å². The maximum atomic E-state index is 13.0. The Balaban J connectivity index is 1.77. The highest BCUT2D eigenvalue weighted by Gasteiger charge is 2.64. The second kappa shape index (κ2) is 8.88. The molecular formula is C26H39NO6Si. The van der Waals surface area contributed by atoms with Gasteiger partial charge in [-0.3, -0.25) is 4.79 Å². The molecule has 1 N–H and O–H groups in total. The van der Waals surface area contributed by atoms with Crippen molar-refractivity contribution in [1.29, 1.82) is 0 Å². The molecular weight excluding hydrogens is 450 g/mol. The third-order valence-corrected chi connectivity index (χ3v) is 14.2. The van der Waals surface area contributed by atoms with Crippen LogP contribution in [0, 0.1) is 0 Å². The third-order valence-electron chi connectivity index (χ3n) is 8.16. The van der Waals surface area contributed by atoms with E-state index in [0.29, 0.717) is 53.5 Å². The minimum Gasteiger partial charge on any atom is -0.493 e. The summed E-state index contributed by atoms with van der Waals surface area (Å²) in [5, 5.41) is 10.9. The van der Waals surface area contributed by atoms with Gasteiger partial charge in [-0.1, -0.05) is 41.5 Å². The molecule has 1 aromatic rings. The maximum Gasteiger partial charge on any atom is 0.256 e. The van der Waals surface area contributed by atoms with E-state index in [0.717, 1.165) is 11.1 Å². The highest BCUT2D eigenvalue weighted by molar-refractivity contribution is 6.77. The summed E-state index contributed by atoms with van der Waals surface area (Å²) in [4.78, 5) is 14.8. The predicted octanol–water partition coefficient (Wildman–Crippen LogP) is 4.13. The van der Waals surface area contributed by atoms with Gasteiger partial charge in [-0.05, 0) is 52.4 Å². The Morgan fingerprint density at radius 1 is 1.09 bits per heavy atom. The van der Waals surface area contributed by atoms with E-state index in [2.05, 4.69) is 41.5 Å². The molecule has 34 heavy (non-hydrogen) atoms. The van der Waals surface area contributed by atoms with Crippen molar-refractivity contribution in [2.75, 3.05) is 27.4 Å².